The second kappa shape index (κ2) is 4.07. The summed E-state index contributed by atoms with van der Waals surface area (Å²) in [5.41, 5.74) is 0. The van der Waals surface area contributed by atoms with Crippen LogP contribution in [0.2, 0.25) is 0 Å². The van der Waals surface area contributed by atoms with Crippen LogP contribution in [0.1, 0.15) is 0 Å². The summed E-state index contributed by atoms with van der Waals surface area (Å²) < 4.78 is 47.4. The van der Waals surface area contributed by atoms with E-state index in [-0.39, 0.29) is 22.4 Å². The summed E-state index contributed by atoms with van der Waals surface area (Å²) in [6.07, 6.45) is 0. The van der Waals surface area contributed by atoms with E-state index in [0.29, 0.717) is 0 Å². The summed E-state index contributed by atoms with van der Waals surface area (Å²) in [5.74, 6) is -17.6. The van der Waals surface area contributed by atoms with Crippen LogP contribution in [-0.2, 0) is 32.0 Å². The molecule has 0 atom stereocenters. The van der Waals surface area contributed by atoms with Crippen LogP contribution in [-0.4, -0.2) is 34.0 Å². The monoisotopic (exact) mass is 297 g/mol. The fourth-order valence-corrected chi connectivity index (χ4v) is 0.269. The number of hydrogen-bond donors (Lipinski definition) is 2. The van der Waals surface area contributed by atoms with E-state index in [1.165, 1.54) is 0 Å². The molecule has 0 heterocycles. The largest absolute Gasteiger partial charge is 0.477 e. The number of halogens is 4. The molecule has 0 saturated carbocycles. The number of aliphatic carboxylic acids is 2. The van der Waals surface area contributed by atoms with Crippen molar-refractivity contribution in [2.45, 2.75) is 11.8 Å². The predicted octanol–water partition coefficient (Wildman–Crippen LogP) is 0.424. The minimum atomic E-state index is -5.60. The Morgan fingerprint density at radius 2 is 1.00 bits per heavy atom. The predicted molar refractivity (Wildman–Crippen MR) is 25.2 cm³/mol. The Bertz CT molecular complexity index is 204. The Kier molecular flexibility index (Phi) is 4.67. The number of carboxylic acid groups (broad SMARTS) is 2. The quantitative estimate of drug-likeness (QED) is 0.585. The van der Waals surface area contributed by atoms with Crippen LogP contribution < -0.4 is 0 Å². The maximum absolute atomic E-state index is 11.8. The van der Waals surface area contributed by atoms with Gasteiger partial charge in [0.05, 0.1) is 0 Å². The van der Waals surface area contributed by atoms with Gasteiger partial charge in [0.2, 0.25) is 0 Å². The standard InChI is InChI=1S/C4H2F4O4.Ag/c5-3(6,1(9)10)4(7,8)2(11)12;/h(H,9,10)(H,11,12);. The molecular formula is C4H2AgF4O4. The Labute approximate surface area is 84.0 Å². The number of carboxylic acids is 2. The van der Waals surface area contributed by atoms with E-state index in [1.807, 2.05) is 0 Å². The summed E-state index contributed by atoms with van der Waals surface area (Å²) in [4.78, 5) is 19.0. The zero-order valence-electron chi connectivity index (χ0n) is 5.52. The van der Waals surface area contributed by atoms with Gasteiger partial charge in [-0.1, -0.05) is 0 Å². The fraction of sp³-hybridized carbons (Fsp3) is 0.500. The van der Waals surface area contributed by atoms with E-state index in [1.54, 1.807) is 0 Å². The molecule has 0 unspecified atom stereocenters. The molecule has 0 amide bonds. The molecule has 1 radical (unpaired) electrons. The van der Waals surface area contributed by atoms with E-state index in [9.17, 15) is 27.2 Å². The Hall–Kier alpha value is -0.600. The molecule has 0 saturated heterocycles. The van der Waals surface area contributed by atoms with Crippen molar-refractivity contribution >= 4 is 11.9 Å². The van der Waals surface area contributed by atoms with Crippen LogP contribution in [0.15, 0.2) is 0 Å². The summed E-state index contributed by atoms with van der Waals surface area (Å²) in [5, 5.41) is 15.1. The van der Waals surface area contributed by atoms with Crippen LogP contribution in [0, 0.1) is 0 Å². The van der Waals surface area contributed by atoms with E-state index in [2.05, 4.69) is 0 Å². The summed E-state index contributed by atoms with van der Waals surface area (Å²) in [7, 11) is 0. The molecule has 13 heavy (non-hydrogen) atoms. The first kappa shape index (κ1) is 14.9. The topological polar surface area (TPSA) is 74.6 Å². The van der Waals surface area contributed by atoms with Crippen molar-refractivity contribution in [2.24, 2.45) is 0 Å². The van der Waals surface area contributed by atoms with Crippen molar-refractivity contribution in [2.75, 3.05) is 0 Å². The van der Waals surface area contributed by atoms with Crippen molar-refractivity contribution in [3.63, 3.8) is 0 Å². The molecule has 0 aromatic heterocycles. The first-order chi connectivity index (χ1) is 5.14. The van der Waals surface area contributed by atoms with Gasteiger partial charge in [0.1, 0.15) is 0 Å². The zero-order valence-corrected chi connectivity index (χ0v) is 7.01. The van der Waals surface area contributed by atoms with Crippen molar-refractivity contribution in [3.8, 4) is 0 Å². The SMILES string of the molecule is O=C(O)C(F)(F)C(F)(F)C(=O)O.[Ag]. The van der Waals surface area contributed by atoms with Crippen LogP contribution in [0.4, 0.5) is 17.6 Å². The van der Waals surface area contributed by atoms with Gasteiger partial charge in [-0.3, -0.25) is 0 Å². The van der Waals surface area contributed by atoms with Crippen molar-refractivity contribution in [1.29, 1.82) is 0 Å². The van der Waals surface area contributed by atoms with Gasteiger partial charge in [0.15, 0.2) is 0 Å². The molecule has 0 fully saturated rings. The maximum atomic E-state index is 11.8. The Morgan fingerprint density at radius 1 is 0.846 bits per heavy atom. The number of hydrogen-bond acceptors (Lipinski definition) is 2. The van der Waals surface area contributed by atoms with Gasteiger partial charge < -0.3 is 10.2 Å². The molecule has 0 aliphatic rings. The molecule has 9 heteroatoms. The maximum Gasteiger partial charge on any atom is 0.415 e. The number of carbonyl (C=O) groups is 2. The molecule has 0 rings (SSSR count). The van der Waals surface area contributed by atoms with Crippen LogP contribution >= 0.6 is 0 Å². The van der Waals surface area contributed by atoms with Gasteiger partial charge >= 0.3 is 23.8 Å². The first-order valence-corrected chi connectivity index (χ1v) is 2.36. The third kappa shape index (κ3) is 2.42. The number of alkyl halides is 4. The van der Waals surface area contributed by atoms with Gasteiger partial charge in [-0.25, -0.2) is 9.59 Å². The number of rotatable bonds is 3. The van der Waals surface area contributed by atoms with Crippen molar-refractivity contribution in [3.05, 3.63) is 0 Å². The first-order valence-electron chi connectivity index (χ1n) is 2.36. The molecule has 0 bridgehead atoms. The van der Waals surface area contributed by atoms with Gasteiger partial charge in [-0.05, 0) is 0 Å². The van der Waals surface area contributed by atoms with E-state index >= 15 is 0 Å². The minimum Gasteiger partial charge on any atom is -0.477 e. The molecule has 0 spiro atoms. The van der Waals surface area contributed by atoms with E-state index < -0.39 is 23.8 Å². The van der Waals surface area contributed by atoms with Gasteiger partial charge in [0.25, 0.3) is 0 Å². The van der Waals surface area contributed by atoms with Gasteiger partial charge in [-0.2, -0.15) is 17.6 Å². The Balaban J connectivity index is 0. The third-order valence-electron chi connectivity index (χ3n) is 0.932. The molecule has 0 aliphatic heterocycles. The van der Waals surface area contributed by atoms with Crippen molar-refractivity contribution < 1.29 is 59.7 Å². The average Bonchev–Trinajstić information content (AvgIpc) is 1.86. The average molecular weight is 298 g/mol. The normalized spacial score (nSPS) is 11.7. The summed E-state index contributed by atoms with van der Waals surface area (Å²) in [6, 6.07) is 0. The molecule has 81 valence electrons. The third-order valence-corrected chi connectivity index (χ3v) is 0.932. The second-order valence-electron chi connectivity index (χ2n) is 1.76. The summed E-state index contributed by atoms with van der Waals surface area (Å²) in [6.45, 7) is 0. The van der Waals surface area contributed by atoms with Crippen LogP contribution in [0.5, 0.6) is 0 Å². The smallest absolute Gasteiger partial charge is 0.415 e. The Morgan fingerprint density at radius 3 is 1.08 bits per heavy atom. The molecule has 0 aromatic carbocycles. The van der Waals surface area contributed by atoms with Gasteiger partial charge in [0, 0.05) is 22.4 Å². The van der Waals surface area contributed by atoms with E-state index in [0.717, 1.165) is 0 Å². The van der Waals surface area contributed by atoms with Crippen LogP contribution in [0.25, 0.3) is 0 Å². The van der Waals surface area contributed by atoms with Gasteiger partial charge in [-0.15, -0.1) is 0 Å². The summed E-state index contributed by atoms with van der Waals surface area (Å²) >= 11 is 0. The molecule has 0 aromatic rings. The van der Waals surface area contributed by atoms with E-state index in [4.69, 9.17) is 10.2 Å². The molecular weight excluding hydrogens is 296 g/mol. The molecule has 2 N–H and O–H groups in total. The second-order valence-corrected chi connectivity index (χ2v) is 1.76. The fourth-order valence-electron chi connectivity index (χ4n) is 0.269. The molecule has 4 nitrogen and oxygen atoms in total. The molecule has 0 aliphatic carbocycles. The minimum absolute atomic E-state index is 0. The zero-order chi connectivity index (χ0) is 10.2. The van der Waals surface area contributed by atoms with Crippen molar-refractivity contribution in [1.82, 2.24) is 0 Å². The van der Waals surface area contributed by atoms with Crippen LogP contribution in [0.3, 0.4) is 0 Å².